The van der Waals surface area contributed by atoms with Gasteiger partial charge in [-0.25, -0.2) is 9.78 Å². The molecule has 1 aliphatic rings. The quantitative estimate of drug-likeness (QED) is 0.121. The molecule has 4 rings (SSSR count). The number of hydrogen-bond donors (Lipinski definition) is 1. The third kappa shape index (κ3) is 4.92. The van der Waals surface area contributed by atoms with Crippen LogP contribution in [0.5, 0.6) is 5.75 Å². The van der Waals surface area contributed by atoms with E-state index in [1.807, 2.05) is 0 Å². The molecule has 0 aliphatic carbocycles. The number of aliphatic hydroxyl groups is 1. The molecule has 196 valence electrons. The Morgan fingerprint density at radius 1 is 1.18 bits per heavy atom. The number of aryl methyl sites for hydroxylation is 2. The maximum absolute atomic E-state index is 13.4. The number of esters is 1. The lowest BCUT2D eigenvalue weighted by atomic mass is 9.95. The standard InChI is InChI=1S/C27H22Cl2N2O6S/c1-5-10-37-26(35)24-14(3)30-27(38-24)31-21(15-6-8-17(28)18(29)12-15)20(23(33)25(31)34)22(32)16-7-9-19(36-4)13(2)11-16/h5-9,11-12,21,32H,1,10H2,2-4H3/t21-/m1/s1. The zero-order chi connectivity index (χ0) is 27.7. The van der Waals surface area contributed by atoms with Crippen LogP contribution >= 0.6 is 34.5 Å². The number of thiazole rings is 1. The highest BCUT2D eigenvalue weighted by Gasteiger charge is 2.48. The van der Waals surface area contributed by atoms with Crippen LogP contribution in [0.15, 0.2) is 54.6 Å². The number of benzene rings is 2. The summed E-state index contributed by atoms with van der Waals surface area (Å²) in [5.74, 6) is -2.27. The van der Waals surface area contributed by atoms with Gasteiger partial charge in [-0.05, 0) is 55.3 Å². The van der Waals surface area contributed by atoms with Crippen LogP contribution in [0, 0.1) is 13.8 Å². The van der Waals surface area contributed by atoms with Gasteiger partial charge in [0.15, 0.2) is 5.13 Å². The van der Waals surface area contributed by atoms with Gasteiger partial charge in [-0.1, -0.05) is 53.3 Å². The van der Waals surface area contributed by atoms with Crippen LogP contribution < -0.4 is 9.64 Å². The first kappa shape index (κ1) is 27.4. The smallest absolute Gasteiger partial charge is 0.350 e. The summed E-state index contributed by atoms with van der Waals surface area (Å²) in [7, 11) is 1.52. The summed E-state index contributed by atoms with van der Waals surface area (Å²) in [5.41, 5.74) is 1.60. The molecule has 2 heterocycles. The fourth-order valence-electron chi connectivity index (χ4n) is 4.08. The molecule has 0 radical (unpaired) electrons. The van der Waals surface area contributed by atoms with Crippen LogP contribution in [0.2, 0.25) is 10.0 Å². The highest BCUT2D eigenvalue weighted by atomic mass is 35.5. The number of ketones is 1. The summed E-state index contributed by atoms with van der Waals surface area (Å²) in [4.78, 5) is 45.0. The van der Waals surface area contributed by atoms with Gasteiger partial charge in [0.2, 0.25) is 0 Å². The fourth-order valence-corrected chi connectivity index (χ4v) is 5.38. The van der Waals surface area contributed by atoms with Crippen molar-refractivity contribution in [2.24, 2.45) is 0 Å². The number of nitrogens with zero attached hydrogens (tertiary/aromatic N) is 2. The van der Waals surface area contributed by atoms with Crippen molar-refractivity contribution in [2.45, 2.75) is 19.9 Å². The largest absolute Gasteiger partial charge is 0.507 e. The maximum atomic E-state index is 13.4. The van der Waals surface area contributed by atoms with Crippen LogP contribution in [0.25, 0.3) is 5.76 Å². The van der Waals surface area contributed by atoms with Crippen molar-refractivity contribution >= 4 is 63.1 Å². The van der Waals surface area contributed by atoms with Gasteiger partial charge in [0, 0.05) is 5.56 Å². The number of Topliss-reactive ketones (excluding diaryl/α,β-unsaturated/α-hetero) is 1. The van der Waals surface area contributed by atoms with Gasteiger partial charge in [-0.15, -0.1) is 0 Å². The van der Waals surface area contributed by atoms with Crippen molar-refractivity contribution in [3.63, 3.8) is 0 Å². The van der Waals surface area contributed by atoms with Crippen LogP contribution in [0.4, 0.5) is 5.13 Å². The van der Waals surface area contributed by atoms with Gasteiger partial charge in [0.1, 0.15) is 23.0 Å². The molecule has 0 saturated carbocycles. The predicted molar refractivity (Wildman–Crippen MR) is 146 cm³/mol. The van der Waals surface area contributed by atoms with Gasteiger partial charge in [-0.2, -0.15) is 0 Å². The van der Waals surface area contributed by atoms with E-state index in [-0.39, 0.29) is 38.0 Å². The average molecular weight is 573 g/mol. The second-order valence-electron chi connectivity index (χ2n) is 8.33. The molecule has 0 unspecified atom stereocenters. The van der Waals surface area contributed by atoms with E-state index in [9.17, 15) is 19.5 Å². The molecule has 8 nitrogen and oxygen atoms in total. The molecule has 0 spiro atoms. The second kappa shape index (κ2) is 11.0. The third-order valence-corrected chi connectivity index (χ3v) is 7.76. The lowest BCUT2D eigenvalue weighted by Gasteiger charge is -2.23. The van der Waals surface area contributed by atoms with E-state index in [0.29, 0.717) is 22.6 Å². The third-order valence-electron chi connectivity index (χ3n) is 5.88. The molecule has 1 aliphatic heterocycles. The first-order valence-electron chi connectivity index (χ1n) is 11.2. The second-order valence-corrected chi connectivity index (χ2v) is 10.1. The molecule has 38 heavy (non-hydrogen) atoms. The Bertz CT molecular complexity index is 1510. The Hall–Kier alpha value is -3.66. The maximum Gasteiger partial charge on any atom is 0.350 e. The Kier molecular flexibility index (Phi) is 7.91. The van der Waals surface area contributed by atoms with Crippen molar-refractivity contribution in [1.82, 2.24) is 4.98 Å². The Labute approximate surface area is 232 Å². The molecular formula is C27H22Cl2N2O6S. The number of rotatable bonds is 7. The zero-order valence-electron chi connectivity index (χ0n) is 20.6. The number of anilines is 1. The number of carbonyl (C=O) groups excluding carboxylic acids is 3. The van der Waals surface area contributed by atoms with Gasteiger partial charge in [0.25, 0.3) is 5.78 Å². The van der Waals surface area contributed by atoms with E-state index >= 15 is 0 Å². The molecular weight excluding hydrogens is 551 g/mol. The Morgan fingerprint density at radius 2 is 1.92 bits per heavy atom. The summed E-state index contributed by atoms with van der Waals surface area (Å²) in [6.45, 7) is 6.90. The van der Waals surface area contributed by atoms with E-state index in [1.54, 1.807) is 38.1 Å². The number of carbonyl (C=O) groups is 3. The van der Waals surface area contributed by atoms with E-state index in [0.717, 1.165) is 21.8 Å². The van der Waals surface area contributed by atoms with Crippen molar-refractivity contribution in [3.8, 4) is 5.75 Å². The summed E-state index contributed by atoms with van der Waals surface area (Å²) in [5, 5.41) is 11.9. The number of methoxy groups -OCH3 is 1. The van der Waals surface area contributed by atoms with E-state index < -0.39 is 23.7 Å². The van der Waals surface area contributed by atoms with Crippen molar-refractivity contribution < 1.29 is 29.0 Å². The number of ether oxygens (including phenoxy) is 2. The number of halogens is 2. The number of hydrogen-bond acceptors (Lipinski definition) is 8. The van der Waals surface area contributed by atoms with E-state index in [2.05, 4.69) is 11.6 Å². The van der Waals surface area contributed by atoms with E-state index in [4.69, 9.17) is 32.7 Å². The minimum Gasteiger partial charge on any atom is -0.507 e. The molecule has 1 fully saturated rings. The highest BCUT2D eigenvalue weighted by molar-refractivity contribution is 7.17. The zero-order valence-corrected chi connectivity index (χ0v) is 22.9. The van der Waals surface area contributed by atoms with Gasteiger partial charge in [0.05, 0.1) is 34.5 Å². The molecule has 1 amide bonds. The average Bonchev–Trinajstić information content (AvgIpc) is 3.40. The Balaban J connectivity index is 1.91. The summed E-state index contributed by atoms with van der Waals surface area (Å²) in [6, 6.07) is 8.43. The highest BCUT2D eigenvalue weighted by Crippen LogP contribution is 2.45. The van der Waals surface area contributed by atoms with Crippen LogP contribution in [0.1, 0.15) is 38.1 Å². The minimum absolute atomic E-state index is 0.000568. The van der Waals surface area contributed by atoms with Crippen LogP contribution in [0.3, 0.4) is 0 Å². The molecule has 0 bridgehead atoms. The van der Waals surface area contributed by atoms with E-state index in [1.165, 1.54) is 25.3 Å². The van der Waals surface area contributed by atoms with Crippen LogP contribution in [-0.4, -0.2) is 41.5 Å². The molecule has 1 saturated heterocycles. The topological polar surface area (TPSA) is 106 Å². The van der Waals surface area contributed by atoms with Crippen molar-refractivity contribution in [1.29, 1.82) is 0 Å². The Morgan fingerprint density at radius 3 is 2.55 bits per heavy atom. The first-order valence-corrected chi connectivity index (χ1v) is 12.8. The van der Waals surface area contributed by atoms with Gasteiger partial charge < -0.3 is 14.6 Å². The number of aromatic nitrogens is 1. The summed E-state index contributed by atoms with van der Waals surface area (Å²) < 4.78 is 10.4. The number of aliphatic hydroxyl groups excluding tert-OH is 1. The van der Waals surface area contributed by atoms with Crippen molar-refractivity contribution in [3.05, 3.63) is 91.9 Å². The van der Waals surface area contributed by atoms with Gasteiger partial charge >= 0.3 is 11.9 Å². The molecule has 1 aromatic heterocycles. The van der Waals surface area contributed by atoms with Crippen LogP contribution in [-0.2, 0) is 14.3 Å². The molecule has 2 aromatic carbocycles. The number of amides is 1. The van der Waals surface area contributed by atoms with Crippen molar-refractivity contribution in [2.75, 3.05) is 18.6 Å². The SMILES string of the molecule is C=CCOC(=O)c1sc(N2C(=O)C(=O)C(=C(O)c3ccc(OC)c(C)c3)[C@H]2c2ccc(Cl)c(Cl)c2)nc1C. The molecule has 1 atom stereocenters. The fraction of sp³-hybridized carbons (Fsp3) is 0.185. The van der Waals surface area contributed by atoms with Gasteiger partial charge in [-0.3, -0.25) is 14.5 Å². The predicted octanol–water partition coefficient (Wildman–Crippen LogP) is 6.04. The molecule has 3 aromatic rings. The lowest BCUT2D eigenvalue weighted by molar-refractivity contribution is -0.132. The normalized spacial score (nSPS) is 16.6. The molecule has 1 N–H and O–H groups in total. The lowest BCUT2D eigenvalue weighted by Crippen LogP contribution is -2.29. The first-order chi connectivity index (χ1) is 18.1. The summed E-state index contributed by atoms with van der Waals surface area (Å²) >= 11 is 13.3. The molecule has 11 heteroatoms. The minimum atomic E-state index is -1.10. The monoisotopic (exact) mass is 572 g/mol. The summed E-state index contributed by atoms with van der Waals surface area (Å²) in [6.07, 6.45) is 1.43.